The van der Waals surface area contributed by atoms with Crippen molar-refractivity contribution in [1.29, 1.82) is 0 Å². The largest absolute Gasteiger partial charge is 0.463 e. The van der Waals surface area contributed by atoms with Crippen LogP contribution in [0.1, 0.15) is 26.7 Å². The molecule has 0 amide bonds. The molecular formula is C16H22N4O6. The predicted octanol–water partition coefficient (Wildman–Crippen LogP) is -1.23. The number of esters is 2. The van der Waals surface area contributed by atoms with Gasteiger partial charge in [0.25, 0.3) is 0 Å². The van der Waals surface area contributed by atoms with Crippen LogP contribution in [0.3, 0.4) is 0 Å². The number of rotatable bonds is 9. The second-order valence-electron chi connectivity index (χ2n) is 6.04. The van der Waals surface area contributed by atoms with E-state index in [1.54, 1.807) is 0 Å². The molecule has 2 rings (SSSR count). The van der Waals surface area contributed by atoms with Crippen LogP contribution in [0.4, 0.5) is 0 Å². The summed E-state index contributed by atoms with van der Waals surface area (Å²) in [6.45, 7) is 3.68. The maximum absolute atomic E-state index is 11.7. The summed E-state index contributed by atoms with van der Waals surface area (Å²) >= 11 is 0. The molecule has 0 aliphatic carbocycles. The normalized spacial score (nSPS) is 21.2. The van der Waals surface area contributed by atoms with E-state index in [0.717, 1.165) is 0 Å². The molecule has 2 aliphatic heterocycles. The first-order valence-electron chi connectivity index (χ1n) is 8.30. The van der Waals surface area contributed by atoms with Crippen LogP contribution in [-0.2, 0) is 28.7 Å². The van der Waals surface area contributed by atoms with Crippen molar-refractivity contribution in [3.8, 4) is 0 Å². The third-order valence-electron chi connectivity index (χ3n) is 3.71. The van der Waals surface area contributed by atoms with Gasteiger partial charge >= 0.3 is 11.9 Å². The minimum atomic E-state index is -0.527. The van der Waals surface area contributed by atoms with Gasteiger partial charge in [0.2, 0.25) is 0 Å². The maximum Gasteiger partial charge on any atom is 0.306 e. The molecule has 0 aromatic heterocycles. The zero-order valence-electron chi connectivity index (χ0n) is 14.7. The Morgan fingerprint density at radius 3 is 1.54 bits per heavy atom. The lowest BCUT2D eigenvalue weighted by atomic mass is 10.3. The number of hydrogen-bond acceptors (Lipinski definition) is 10. The molecule has 2 heterocycles. The number of ketones is 2. The summed E-state index contributed by atoms with van der Waals surface area (Å²) in [6, 6.07) is -0.456. The second-order valence-corrected chi connectivity index (χ2v) is 6.04. The Morgan fingerprint density at radius 1 is 0.846 bits per heavy atom. The van der Waals surface area contributed by atoms with Crippen LogP contribution < -0.4 is 10.6 Å². The first kappa shape index (κ1) is 19.5. The molecular weight excluding hydrogens is 344 g/mol. The Balaban J connectivity index is 1.55. The summed E-state index contributed by atoms with van der Waals surface area (Å²) in [5, 5.41) is 5.73. The van der Waals surface area contributed by atoms with E-state index in [0.29, 0.717) is 13.1 Å². The average molecular weight is 366 g/mol. The van der Waals surface area contributed by atoms with Gasteiger partial charge in [0.05, 0.1) is 38.0 Å². The monoisotopic (exact) mass is 366 g/mol. The van der Waals surface area contributed by atoms with E-state index in [2.05, 4.69) is 20.6 Å². The first-order chi connectivity index (χ1) is 12.3. The molecule has 0 aromatic rings. The highest BCUT2D eigenvalue weighted by Gasteiger charge is 2.23. The van der Waals surface area contributed by atoms with Crippen LogP contribution in [0.15, 0.2) is 9.98 Å². The van der Waals surface area contributed by atoms with Gasteiger partial charge in [-0.05, 0) is 0 Å². The summed E-state index contributed by atoms with van der Waals surface area (Å²) < 4.78 is 10.1. The molecule has 2 N–H and O–H groups in total. The molecule has 0 aromatic carbocycles. The van der Waals surface area contributed by atoms with Crippen molar-refractivity contribution in [2.24, 2.45) is 9.98 Å². The fourth-order valence-corrected chi connectivity index (χ4v) is 2.32. The molecule has 0 fully saturated rings. The van der Waals surface area contributed by atoms with E-state index < -0.39 is 11.9 Å². The zero-order chi connectivity index (χ0) is 19.1. The van der Waals surface area contributed by atoms with Gasteiger partial charge in [-0.15, -0.1) is 0 Å². The number of carbonyl (C=O) groups excluding carboxylic acids is 4. The van der Waals surface area contributed by atoms with Gasteiger partial charge in [-0.2, -0.15) is 0 Å². The zero-order valence-corrected chi connectivity index (χ0v) is 14.7. The molecule has 2 aliphatic rings. The third-order valence-corrected chi connectivity index (χ3v) is 3.71. The lowest BCUT2D eigenvalue weighted by Crippen LogP contribution is -2.37. The van der Waals surface area contributed by atoms with Gasteiger partial charge in [-0.25, -0.2) is 0 Å². The van der Waals surface area contributed by atoms with Gasteiger partial charge in [0, 0.05) is 13.8 Å². The van der Waals surface area contributed by atoms with Crippen LogP contribution in [-0.4, -0.2) is 73.6 Å². The van der Waals surface area contributed by atoms with E-state index in [4.69, 9.17) is 9.47 Å². The van der Waals surface area contributed by atoms with Gasteiger partial charge in [0.1, 0.15) is 13.2 Å². The van der Waals surface area contributed by atoms with Crippen molar-refractivity contribution >= 4 is 35.2 Å². The number of Topliss-reactive ketones (excluding diaryl/α,β-unsaturated/α-hetero) is 2. The van der Waals surface area contributed by atoms with Gasteiger partial charge in [-0.3, -0.25) is 29.2 Å². The highest BCUT2D eigenvalue weighted by Crippen LogP contribution is 2.03. The molecule has 0 saturated heterocycles. The fourth-order valence-electron chi connectivity index (χ4n) is 2.32. The summed E-state index contributed by atoms with van der Waals surface area (Å²) in [7, 11) is 0. The molecule has 2 unspecified atom stereocenters. The summed E-state index contributed by atoms with van der Waals surface area (Å²) in [5.74, 6) is -0.820. The number of amidine groups is 2. The number of ether oxygens (including phenoxy) is 2. The van der Waals surface area contributed by atoms with E-state index in [-0.39, 0.29) is 61.4 Å². The first-order valence-corrected chi connectivity index (χ1v) is 8.30. The molecule has 2 atom stereocenters. The van der Waals surface area contributed by atoms with Crippen molar-refractivity contribution in [2.75, 3.05) is 26.3 Å². The van der Waals surface area contributed by atoms with E-state index in [9.17, 15) is 19.2 Å². The quantitative estimate of drug-likeness (QED) is 0.484. The van der Waals surface area contributed by atoms with Crippen LogP contribution in [0, 0.1) is 0 Å². The molecule has 0 spiro atoms. The Kier molecular flexibility index (Phi) is 6.81. The van der Waals surface area contributed by atoms with E-state index in [1.807, 2.05) is 0 Å². The Bertz CT molecular complexity index is 601. The topological polar surface area (TPSA) is 136 Å². The molecule has 0 radical (unpaired) electrons. The number of nitrogens with one attached hydrogen (secondary N) is 2. The van der Waals surface area contributed by atoms with Gasteiger partial charge < -0.3 is 20.1 Å². The van der Waals surface area contributed by atoms with Crippen LogP contribution in [0.5, 0.6) is 0 Å². The van der Waals surface area contributed by atoms with E-state index >= 15 is 0 Å². The lowest BCUT2D eigenvalue weighted by Gasteiger charge is -2.12. The summed E-state index contributed by atoms with van der Waals surface area (Å²) in [6.07, 6.45) is -0.196. The number of carbonyl (C=O) groups is 4. The molecule has 10 nitrogen and oxygen atoms in total. The number of hydrogen-bond donors (Lipinski definition) is 2. The fraction of sp³-hybridized carbons (Fsp3) is 0.625. The maximum atomic E-state index is 11.7. The smallest absolute Gasteiger partial charge is 0.306 e. The summed E-state index contributed by atoms with van der Waals surface area (Å²) in [5.41, 5.74) is 0. The van der Waals surface area contributed by atoms with Crippen LogP contribution >= 0.6 is 0 Å². The standard InChI is InChI=1S/C16H22N4O6/c1-9(21)15-17-5-11(19-15)7-25-13(23)3-4-14(24)26-8-12-6-18-16(20-12)10(2)22/h11-12H,3-8H2,1-2H3,(H,17,19)(H,18,20). The Hall–Kier alpha value is -2.78. The van der Waals surface area contributed by atoms with Gasteiger partial charge in [0.15, 0.2) is 23.2 Å². The number of aliphatic imine (C=N–C) groups is 2. The minimum Gasteiger partial charge on any atom is -0.463 e. The van der Waals surface area contributed by atoms with Crippen molar-refractivity contribution in [1.82, 2.24) is 10.6 Å². The molecule has 0 saturated carbocycles. The lowest BCUT2D eigenvalue weighted by molar-refractivity contribution is -0.150. The summed E-state index contributed by atoms with van der Waals surface area (Å²) in [4.78, 5) is 53.6. The SMILES string of the molecule is CC(=O)C1=NCC(COC(=O)CCC(=O)OCC2CN=C(C(C)=O)N2)N1. The van der Waals surface area contributed by atoms with E-state index in [1.165, 1.54) is 13.8 Å². The molecule has 26 heavy (non-hydrogen) atoms. The molecule has 10 heteroatoms. The van der Waals surface area contributed by atoms with Crippen molar-refractivity contribution in [3.05, 3.63) is 0 Å². The third kappa shape index (κ3) is 5.94. The highest BCUT2D eigenvalue weighted by atomic mass is 16.5. The molecule has 142 valence electrons. The van der Waals surface area contributed by atoms with Crippen LogP contribution in [0.25, 0.3) is 0 Å². The van der Waals surface area contributed by atoms with Crippen molar-refractivity contribution in [2.45, 2.75) is 38.8 Å². The molecule has 0 bridgehead atoms. The minimum absolute atomic E-state index is 0.0747. The Labute approximate surface area is 150 Å². The van der Waals surface area contributed by atoms with Crippen LogP contribution in [0.2, 0.25) is 0 Å². The van der Waals surface area contributed by atoms with Crippen molar-refractivity contribution in [3.63, 3.8) is 0 Å². The van der Waals surface area contributed by atoms with Crippen molar-refractivity contribution < 1.29 is 28.7 Å². The predicted molar refractivity (Wildman–Crippen MR) is 91.0 cm³/mol. The highest BCUT2D eigenvalue weighted by molar-refractivity contribution is 6.38. The average Bonchev–Trinajstić information content (AvgIpc) is 3.25. The number of nitrogens with zero attached hydrogens (tertiary/aromatic N) is 2. The second kappa shape index (κ2) is 9.07. The van der Waals surface area contributed by atoms with Gasteiger partial charge in [-0.1, -0.05) is 0 Å². The Morgan fingerprint density at radius 2 is 1.23 bits per heavy atom.